The number of carbonyl (C=O) groups excluding carboxylic acids is 2. The van der Waals surface area contributed by atoms with Crippen LogP contribution in [0.25, 0.3) is 0 Å². The molecule has 0 unspecified atom stereocenters. The van der Waals surface area contributed by atoms with Crippen LogP contribution in [0.3, 0.4) is 0 Å². The second-order valence-electron chi connectivity index (χ2n) is 9.98. The number of nitrogens with two attached hydrogens (primary N) is 1. The predicted octanol–water partition coefficient (Wildman–Crippen LogP) is 4.00. The van der Waals surface area contributed by atoms with Crippen LogP contribution in [0.2, 0.25) is 10.0 Å². The number of rotatable bonds is 8. The Balaban J connectivity index is 1.87. The Labute approximate surface area is 238 Å². The largest absolute Gasteiger partial charge is 0.514 e. The lowest BCUT2D eigenvalue weighted by molar-refractivity contribution is -0.124. The van der Waals surface area contributed by atoms with Crippen LogP contribution in [0.4, 0.5) is 0 Å². The maximum Gasteiger partial charge on any atom is 0.255 e. The molecule has 1 saturated carbocycles. The average molecular weight is 596 g/mol. The molecule has 1 aliphatic carbocycles. The van der Waals surface area contributed by atoms with Gasteiger partial charge in [0.15, 0.2) is 0 Å². The third-order valence-corrected chi connectivity index (χ3v) is 8.56. The number of hydrogen-bond acceptors (Lipinski definition) is 6. The molecule has 2 amide bonds. The highest BCUT2D eigenvalue weighted by molar-refractivity contribution is 7.88. The number of nitrogens with one attached hydrogen (secondary N) is 2. The van der Waals surface area contributed by atoms with E-state index in [2.05, 4.69) is 10.0 Å². The second kappa shape index (κ2) is 12.2. The van der Waals surface area contributed by atoms with E-state index < -0.39 is 34.1 Å². The number of nitrogens with zero attached hydrogens (tertiary/aromatic N) is 1. The molecule has 210 valence electrons. The highest BCUT2D eigenvalue weighted by Gasteiger charge is 2.49. The van der Waals surface area contributed by atoms with Crippen LogP contribution < -0.4 is 15.8 Å². The van der Waals surface area contributed by atoms with E-state index in [-0.39, 0.29) is 30.5 Å². The summed E-state index contributed by atoms with van der Waals surface area (Å²) in [5.74, 6) is -1.52. The first-order valence-electron chi connectivity index (χ1n) is 12.7. The molecule has 9 nitrogen and oxygen atoms in total. The van der Waals surface area contributed by atoms with E-state index in [1.165, 1.54) is 0 Å². The van der Waals surface area contributed by atoms with Gasteiger partial charge in [-0.15, -0.1) is 0 Å². The van der Waals surface area contributed by atoms with Crippen LogP contribution in [-0.2, 0) is 14.8 Å². The molecule has 0 bridgehead atoms. The highest BCUT2D eigenvalue weighted by Crippen LogP contribution is 2.47. The second-order valence-corrected chi connectivity index (χ2v) is 12.6. The Hall–Kier alpha value is -2.79. The van der Waals surface area contributed by atoms with E-state index in [1.807, 2.05) is 0 Å². The van der Waals surface area contributed by atoms with Crippen LogP contribution in [0, 0.1) is 0 Å². The lowest BCUT2D eigenvalue weighted by atomic mass is 9.76. The molecule has 2 aliphatic rings. The molecule has 2 aromatic rings. The van der Waals surface area contributed by atoms with Gasteiger partial charge in [0.1, 0.15) is 0 Å². The molecule has 4 atom stereocenters. The van der Waals surface area contributed by atoms with Crippen LogP contribution in [0.1, 0.15) is 65.5 Å². The zero-order valence-corrected chi connectivity index (χ0v) is 23.8. The van der Waals surface area contributed by atoms with Crippen molar-refractivity contribution >= 4 is 45.0 Å². The van der Waals surface area contributed by atoms with E-state index in [0.29, 0.717) is 39.6 Å². The molecular formula is C27H32Cl2N4O5S. The van der Waals surface area contributed by atoms with Gasteiger partial charge in [0.25, 0.3) is 5.91 Å². The van der Waals surface area contributed by atoms with Crippen molar-refractivity contribution in [3.05, 3.63) is 81.2 Å². The Morgan fingerprint density at radius 3 is 2.56 bits per heavy atom. The summed E-state index contributed by atoms with van der Waals surface area (Å²) in [5.41, 5.74) is 7.35. The van der Waals surface area contributed by atoms with Crippen LogP contribution in [-0.4, -0.2) is 55.1 Å². The first-order valence-corrected chi connectivity index (χ1v) is 15.4. The number of carbonyl (C=O) groups is 2. The van der Waals surface area contributed by atoms with E-state index in [4.69, 9.17) is 34.0 Å². The van der Waals surface area contributed by atoms with E-state index in [0.717, 1.165) is 25.4 Å². The third-order valence-electron chi connectivity index (χ3n) is 7.27. The van der Waals surface area contributed by atoms with Crippen molar-refractivity contribution in [3.8, 4) is 0 Å². The number of benzene rings is 2. The molecular weight excluding hydrogens is 563 g/mol. The van der Waals surface area contributed by atoms with Gasteiger partial charge in [-0.3, -0.25) is 9.59 Å². The van der Waals surface area contributed by atoms with Crippen molar-refractivity contribution in [2.24, 2.45) is 5.73 Å². The maximum atomic E-state index is 14.2. The van der Waals surface area contributed by atoms with Gasteiger partial charge in [-0.1, -0.05) is 60.3 Å². The number of aliphatic hydroxyl groups excluding tert-OH is 1. The molecule has 39 heavy (non-hydrogen) atoms. The van der Waals surface area contributed by atoms with E-state index in [1.54, 1.807) is 47.4 Å². The summed E-state index contributed by atoms with van der Waals surface area (Å²) in [6.07, 6.45) is 4.82. The molecule has 0 spiro atoms. The summed E-state index contributed by atoms with van der Waals surface area (Å²) in [6, 6.07) is 9.97. The first kappa shape index (κ1) is 29.2. The van der Waals surface area contributed by atoms with Crippen molar-refractivity contribution in [2.75, 3.05) is 12.8 Å². The van der Waals surface area contributed by atoms with Gasteiger partial charge >= 0.3 is 0 Å². The van der Waals surface area contributed by atoms with Gasteiger partial charge in [0.05, 0.1) is 24.5 Å². The quantitative estimate of drug-likeness (QED) is 0.340. The van der Waals surface area contributed by atoms with Gasteiger partial charge in [0, 0.05) is 46.4 Å². The van der Waals surface area contributed by atoms with Crippen molar-refractivity contribution in [1.29, 1.82) is 0 Å². The van der Waals surface area contributed by atoms with Gasteiger partial charge < -0.3 is 21.1 Å². The number of hydrogen-bond donors (Lipinski definition) is 4. The Bertz CT molecular complexity index is 1380. The van der Waals surface area contributed by atoms with Crippen molar-refractivity contribution in [3.63, 3.8) is 0 Å². The SMILES string of the molecule is CS(=O)(=O)N[C@H]1CCCC[C@@H]1N1C(=O)c2ccccc2[C@@H](C(=O)NCCC(N)=CO)[C@@H]1c1ccc(Cl)cc1Cl. The summed E-state index contributed by atoms with van der Waals surface area (Å²) >= 11 is 12.9. The molecule has 1 aliphatic heterocycles. The summed E-state index contributed by atoms with van der Waals surface area (Å²) in [4.78, 5) is 29.7. The molecule has 0 saturated heterocycles. The number of aliphatic hydroxyl groups is 1. The smallest absolute Gasteiger partial charge is 0.255 e. The topological polar surface area (TPSA) is 142 Å². The molecule has 1 heterocycles. The summed E-state index contributed by atoms with van der Waals surface area (Å²) < 4.78 is 27.3. The fraction of sp³-hybridized carbons (Fsp3) is 0.407. The Morgan fingerprint density at radius 1 is 1.15 bits per heavy atom. The predicted molar refractivity (Wildman–Crippen MR) is 151 cm³/mol. The normalized spacial score (nSPS) is 23.8. The first-order chi connectivity index (χ1) is 18.5. The van der Waals surface area contributed by atoms with Gasteiger partial charge in [-0.05, 0) is 42.2 Å². The van der Waals surface area contributed by atoms with Gasteiger partial charge in [-0.2, -0.15) is 0 Å². The fourth-order valence-electron chi connectivity index (χ4n) is 5.63. The molecule has 0 radical (unpaired) electrons. The minimum Gasteiger partial charge on any atom is -0.514 e. The zero-order chi connectivity index (χ0) is 28.3. The molecule has 0 aromatic heterocycles. The zero-order valence-electron chi connectivity index (χ0n) is 21.4. The molecule has 1 fully saturated rings. The number of halogens is 2. The lowest BCUT2D eigenvalue weighted by Crippen LogP contribution is -2.59. The van der Waals surface area contributed by atoms with Crippen molar-refractivity contribution in [2.45, 2.75) is 56.1 Å². The van der Waals surface area contributed by atoms with Gasteiger partial charge in [-0.25, -0.2) is 13.1 Å². The van der Waals surface area contributed by atoms with E-state index >= 15 is 0 Å². The number of sulfonamides is 1. The highest BCUT2D eigenvalue weighted by atomic mass is 35.5. The standard InChI is InChI=1S/C27H32Cl2N4O5S/c1-39(37,38)32-22-8-4-5-9-23(22)33-25(20-11-10-16(28)14-21(20)29)24(26(35)31-13-12-17(30)15-34)18-6-2-3-7-19(18)27(33)36/h2-3,6-7,10-11,14-15,22-25,32,34H,4-5,8-9,12-13,30H2,1H3,(H,31,35)/t22-,23-,24+,25-/m0/s1. The minimum absolute atomic E-state index is 0.164. The average Bonchev–Trinajstić information content (AvgIpc) is 2.88. The lowest BCUT2D eigenvalue weighted by Gasteiger charge is -2.49. The number of fused-ring (bicyclic) bond motifs is 1. The Morgan fingerprint density at radius 2 is 1.87 bits per heavy atom. The fourth-order valence-corrected chi connectivity index (χ4v) is 6.98. The number of amides is 2. The van der Waals surface area contributed by atoms with Gasteiger partial charge in [0.2, 0.25) is 15.9 Å². The molecule has 2 aromatic carbocycles. The summed E-state index contributed by atoms with van der Waals surface area (Å²) in [5, 5.41) is 12.7. The monoisotopic (exact) mass is 594 g/mol. The van der Waals surface area contributed by atoms with Crippen molar-refractivity contribution in [1.82, 2.24) is 14.9 Å². The Kier molecular flexibility index (Phi) is 9.10. The third kappa shape index (κ3) is 6.51. The molecule has 4 rings (SSSR count). The summed E-state index contributed by atoms with van der Waals surface area (Å²) in [6.45, 7) is 0.164. The van der Waals surface area contributed by atoms with Crippen LogP contribution in [0.5, 0.6) is 0 Å². The van der Waals surface area contributed by atoms with Crippen LogP contribution in [0.15, 0.2) is 54.4 Å². The van der Waals surface area contributed by atoms with Crippen molar-refractivity contribution < 1.29 is 23.1 Å². The summed E-state index contributed by atoms with van der Waals surface area (Å²) in [7, 11) is -3.57. The molecule has 5 N–H and O–H groups in total. The minimum atomic E-state index is -3.57. The molecule has 12 heteroatoms. The van der Waals surface area contributed by atoms with E-state index in [9.17, 15) is 18.0 Å². The van der Waals surface area contributed by atoms with Crippen LogP contribution >= 0.6 is 23.2 Å². The maximum absolute atomic E-state index is 14.2.